The van der Waals surface area contributed by atoms with E-state index in [1.807, 2.05) is 38.6 Å². The Morgan fingerprint density at radius 2 is 2.05 bits per heavy atom. The topological polar surface area (TPSA) is 52.6 Å². The molecule has 2 N–H and O–H groups in total. The summed E-state index contributed by atoms with van der Waals surface area (Å²) in [6.45, 7) is 5.24. The normalized spacial score (nSPS) is 12.7. The van der Waals surface area contributed by atoms with Crippen molar-refractivity contribution in [1.29, 1.82) is 0 Å². The molecule has 118 valence electrons. The minimum absolute atomic E-state index is 0.232. The molecule has 0 aliphatic carbocycles. The summed E-state index contributed by atoms with van der Waals surface area (Å²) in [7, 11) is 4.07. The third-order valence-corrected chi connectivity index (χ3v) is 3.94. The van der Waals surface area contributed by atoms with Crippen molar-refractivity contribution in [2.24, 2.45) is 5.92 Å². The summed E-state index contributed by atoms with van der Waals surface area (Å²) in [5.74, 6) is -0.324. The van der Waals surface area contributed by atoms with E-state index in [-0.39, 0.29) is 6.04 Å². The minimum atomic E-state index is -0.879. The molecule has 4 nitrogen and oxygen atoms in total. The summed E-state index contributed by atoms with van der Waals surface area (Å²) in [4.78, 5) is 14.5. The molecule has 0 saturated heterocycles. The molecule has 5 heteroatoms. The molecule has 0 aliphatic rings. The zero-order chi connectivity index (χ0) is 16.0. The number of benzene rings is 1. The van der Waals surface area contributed by atoms with Crippen LogP contribution in [-0.2, 0) is 0 Å². The molecule has 1 atom stereocenters. The largest absolute Gasteiger partial charge is 0.478 e. The molecule has 1 aromatic rings. The third kappa shape index (κ3) is 5.59. The van der Waals surface area contributed by atoms with Crippen LogP contribution in [0.25, 0.3) is 0 Å². The van der Waals surface area contributed by atoms with Gasteiger partial charge in [-0.1, -0.05) is 19.9 Å². The smallest absolute Gasteiger partial charge is 0.338 e. The minimum Gasteiger partial charge on any atom is -0.478 e. The molecule has 1 unspecified atom stereocenters. The number of anilines is 1. The Morgan fingerprint density at radius 1 is 1.38 bits per heavy atom. The Labute approximate surface area is 131 Å². The van der Waals surface area contributed by atoms with E-state index in [0.717, 1.165) is 17.9 Å². The van der Waals surface area contributed by atoms with E-state index >= 15 is 0 Å². The van der Waals surface area contributed by atoms with Gasteiger partial charge in [0.15, 0.2) is 0 Å². The van der Waals surface area contributed by atoms with Crippen LogP contribution in [0.15, 0.2) is 23.1 Å². The average molecular weight is 310 g/mol. The van der Waals surface area contributed by atoms with E-state index in [1.165, 1.54) is 11.8 Å². The second kappa shape index (κ2) is 8.29. The first-order valence-electron chi connectivity index (χ1n) is 7.16. The van der Waals surface area contributed by atoms with Crippen molar-refractivity contribution < 1.29 is 9.90 Å². The van der Waals surface area contributed by atoms with Crippen molar-refractivity contribution in [3.63, 3.8) is 0 Å². The maximum Gasteiger partial charge on any atom is 0.338 e. The van der Waals surface area contributed by atoms with Crippen LogP contribution in [0.2, 0.25) is 0 Å². The maximum atomic E-state index is 11.6. The number of hydrogen-bond acceptors (Lipinski definition) is 4. The molecule has 0 spiro atoms. The highest BCUT2D eigenvalue weighted by Gasteiger charge is 2.19. The maximum absolute atomic E-state index is 11.6. The lowest BCUT2D eigenvalue weighted by Gasteiger charge is -2.26. The lowest BCUT2D eigenvalue weighted by Crippen LogP contribution is -2.34. The van der Waals surface area contributed by atoms with Crippen LogP contribution in [0, 0.1) is 5.92 Å². The molecule has 0 aliphatic heterocycles. The highest BCUT2D eigenvalue weighted by atomic mass is 32.2. The van der Waals surface area contributed by atoms with Gasteiger partial charge in [-0.15, -0.1) is 11.8 Å². The molecular formula is C16H26N2O2S. The lowest BCUT2D eigenvalue weighted by atomic mass is 10.0. The van der Waals surface area contributed by atoms with Gasteiger partial charge in [-0.3, -0.25) is 0 Å². The fourth-order valence-corrected chi connectivity index (χ4v) is 3.07. The van der Waals surface area contributed by atoms with Crippen molar-refractivity contribution in [2.75, 3.05) is 32.2 Å². The van der Waals surface area contributed by atoms with Gasteiger partial charge in [-0.05, 0) is 44.8 Å². The Balaban J connectivity index is 3.04. The Kier molecular flexibility index (Phi) is 7.05. The second-order valence-corrected chi connectivity index (χ2v) is 6.77. The summed E-state index contributed by atoms with van der Waals surface area (Å²) in [6.07, 6.45) is 2.90. The van der Waals surface area contributed by atoms with E-state index in [4.69, 9.17) is 0 Å². The quantitative estimate of drug-likeness (QED) is 0.720. The second-order valence-electron chi connectivity index (χ2n) is 5.92. The number of carbonyl (C=O) groups is 1. The molecule has 0 bridgehead atoms. The van der Waals surface area contributed by atoms with E-state index in [9.17, 15) is 9.90 Å². The monoisotopic (exact) mass is 310 g/mol. The predicted octanol–water partition coefficient (Wildman–Crippen LogP) is 3.49. The van der Waals surface area contributed by atoms with Gasteiger partial charge in [-0.25, -0.2) is 4.79 Å². The SMILES string of the molecule is CSc1cccc(NC(CC(C)C)CN(C)C)c1C(=O)O. The van der Waals surface area contributed by atoms with Gasteiger partial charge in [0.2, 0.25) is 0 Å². The molecule has 0 aromatic heterocycles. The van der Waals surface area contributed by atoms with Crippen LogP contribution < -0.4 is 5.32 Å². The summed E-state index contributed by atoms with van der Waals surface area (Å²) in [5.41, 5.74) is 1.08. The number of carboxylic acids is 1. The fourth-order valence-electron chi connectivity index (χ4n) is 2.45. The summed E-state index contributed by atoms with van der Waals surface area (Å²) < 4.78 is 0. The summed E-state index contributed by atoms with van der Waals surface area (Å²) in [6, 6.07) is 5.84. The Bertz CT molecular complexity index is 465. The number of nitrogens with zero attached hydrogens (tertiary/aromatic N) is 1. The van der Waals surface area contributed by atoms with Gasteiger partial charge < -0.3 is 15.3 Å². The third-order valence-electron chi connectivity index (χ3n) is 3.16. The molecular weight excluding hydrogens is 284 g/mol. The van der Waals surface area contributed by atoms with Crippen LogP contribution >= 0.6 is 11.8 Å². The molecule has 0 radical (unpaired) electrons. The van der Waals surface area contributed by atoms with E-state index < -0.39 is 5.97 Å². The fraction of sp³-hybridized carbons (Fsp3) is 0.562. The highest BCUT2D eigenvalue weighted by Crippen LogP contribution is 2.28. The zero-order valence-corrected chi connectivity index (χ0v) is 14.3. The lowest BCUT2D eigenvalue weighted by molar-refractivity contribution is 0.0694. The van der Waals surface area contributed by atoms with Gasteiger partial charge in [-0.2, -0.15) is 0 Å². The van der Waals surface area contributed by atoms with Gasteiger partial charge in [0.05, 0.1) is 11.3 Å². The first-order valence-corrected chi connectivity index (χ1v) is 8.39. The average Bonchev–Trinajstić information content (AvgIpc) is 2.36. The molecule has 21 heavy (non-hydrogen) atoms. The summed E-state index contributed by atoms with van der Waals surface area (Å²) in [5, 5.41) is 12.9. The zero-order valence-electron chi connectivity index (χ0n) is 13.5. The number of rotatable bonds is 8. The van der Waals surface area contributed by atoms with Crippen molar-refractivity contribution in [3.8, 4) is 0 Å². The number of nitrogens with one attached hydrogen (secondary N) is 1. The molecule has 1 aromatic carbocycles. The van der Waals surface area contributed by atoms with Crippen LogP contribution in [-0.4, -0.2) is 48.9 Å². The standard InChI is InChI=1S/C16H26N2O2S/c1-11(2)9-12(10-18(3)4)17-13-7-6-8-14(21-5)15(13)16(19)20/h6-8,11-12,17H,9-10H2,1-5H3,(H,19,20). The molecule has 0 fully saturated rings. The van der Waals surface area contributed by atoms with Crippen molar-refractivity contribution >= 4 is 23.4 Å². The van der Waals surface area contributed by atoms with Gasteiger partial charge in [0.25, 0.3) is 0 Å². The van der Waals surface area contributed by atoms with Crippen LogP contribution in [0.4, 0.5) is 5.69 Å². The molecule has 0 heterocycles. The van der Waals surface area contributed by atoms with Gasteiger partial charge >= 0.3 is 5.97 Å². The molecule has 0 amide bonds. The first kappa shape index (κ1) is 17.9. The van der Waals surface area contributed by atoms with Crippen molar-refractivity contribution in [2.45, 2.75) is 31.2 Å². The predicted molar refractivity (Wildman–Crippen MR) is 90.6 cm³/mol. The number of aromatic carboxylic acids is 1. The summed E-state index contributed by atoms with van der Waals surface area (Å²) >= 11 is 1.46. The van der Waals surface area contributed by atoms with Gasteiger partial charge in [0, 0.05) is 17.5 Å². The Hall–Kier alpha value is -1.20. The first-order chi connectivity index (χ1) is 9.85. The van der Waals surface area contributed by atoms with Crippen LogP contribution in [0.3, 0.4) is 0 Å². The number of likely N-dealkylation sites (N-methyl/N-ethyl adjacent to an activating group) is 1. The van der Waals surface area contributed by atoms with Gasteiger partial charge in [0.1, 0.15) is 0 Å². The molecule has 1 rings (SSSR count). The van der Waals surface area contributed by atoms with Crippen molar-refractivity contribution in [3.05, 3.63) is 23.8 Å². The van der Waals surface area contributed by atoms with Crippen LogP contribution in [0.1, 0.15) is 30.6 Å². The number of hydrogen-bond donors (Lipinski definition) is 2. The van der Waals surface area contributed by atoms with E-state index in [1.54, 1.807) is 0 Å². The molecule has 0 saturated carbocycles. The van der Waals surface area contributed by atoms with Crippen molar-refractivity contribution in [1.82, 2.24) is 4.90 Å². The van der Waals surface area contributed by atoms with Crippen LogP contribution in [0.5, 0.6) is 0 Å². The number of thioether (sulfide) groups is 1. The number of carboxylic acid groups (broad SMARTS) is 1. The van der Waals surface area contributed by atoms with E-state index in [0.29, 0.717) is 17.2 Å². The Morgan fingerprint density at radius 3 is 2.52 bits per heavy atom. The highest BCUT2D eigenvalue weighted by molar-refractivity contribution is 7.98. The van der Waals surface area contributed by atoms with E-state index in [2.05, 4.69) is 24.1 Å².